The zero-order valence-electron chi connectivity index (χ0n) is 7.74. The molecule has 13 heavy (non-hydrogen) atoms. The Morgan fingerprint density at radius 1 is 1.31 bits per heavy atom. The summed E-state index contributed by atoms with van der Waals surface area (Å²) in [6.07, 6.45) is 1.48. The summed E-state index contributed by atoms with van der Waals surface area (Å²) >= 11 is 1.70. The molecule has 1 rings (SSSR count). The number of hydrogen-bond donors (Lipinski definition) is 1. The van der Waals surface area contributed by atoms with Crippen LogP contribution in [0.2, 0.25) is 0 Å². The fraction of sp³-hybridized carbons (Fsp3) is 0.273. The van der Waals surface area contributed by atoms with Gasteiger partial charge in [0.25, 0.3) is 0 Å². The van der Waals surface area contributed by atoms with Gasteiger partial charge in [-0.25, -0.2) is 0 Å². The maximum atomic E-state index is 8.94. The van der Waals surface area contributed by atoms with Crippen LogP contribution in [0.25, 0.3) is 0 Å². The molecule has 1 unspecified atom stereocenters. The highest BCUT2D eigenvalue weighted by Gasteiger charge is 1.89. The number of rotatable bonds is 1. The summed E-state index contributed by atoms with van der Waals surface area (Å²) in [7, 11) is 0. The third kappa shape index (κ3) is 3.54. The van der Waals surface area contributed by atoms with Gasteiger partial charge in [0.1, 0.15) is 6.10 Å². The first-order chi connectivity index (χ1) is 6.22. The first kappa shape index (κ1) is 10.2. The summed E-state index contributed by atoms with van der Waals surface area (Å²) in [5.41, 5.74) is 0.943. The van der Waals surface area contributed by atoms with Crippen molar-refractivity contribution in [3.63, 3.8) is 0 Å². The summed E-state index contributed by atoms with van der Waals surface area (Å²) in [5, 5.41) is 8.94. The Kier molecular flexibility index (Phi) is 3.88. The molecule has 2 heteroatoms. The number of aliphatic hydroxyl groups is 1. The molecule has 1 nitrogen and oxygen atoms in total. The van der Waals surface area contributed by atoms with E-state index in [1.54, 1.807) is 18.7 Å². The van der Waals surface area contributed by atoms with E-state index >= 15 is 0 Å². The Morgan fingerprint density at radius 3 is 2.38 bits per heavy atom. The number of aliphatic hydroxyl groups excluding tert-OH is 1. The van der Waals surface area contributed by atoms with Crippen LogP contribution in [0.5, 0.6) is 0 Å². The molecule has 0 aliphatic rings. The van der Waals surface area contributed by atoms with E-state index in [9.17, 15) is 0 Å². The van der Waals surface area contributed by atoms with E-state index in [-0.39, 0.29) is 0 Å². The van der Waals surface area contributed by atoms with Crippen LogP contribution in [0.15, 0.2) is 29.2 Å². The summed E-state index contributed by atoms with van der Waals surface area (Å²) in [5.74, 6) is 5.58. The van der Waals surface area contributed by atoms with Crippen molar-refractivity contribution < 1.29 is 5.11 Å². The first-order valence-corrected chi connectivity index (χ1v) is 5.28. The van der Waals surface area contributed by atoms with Crippen LogP contribution in [0.3, 0.4) is 0 Å². The van der Waals surface area contributed by atoms with Gasteiger partial charge in [-0.1, -0.05) is 11.8 Å². The van der Waals surface area contributed by atoms with E-state index in [2.05, 4.69) is 11.8 Å². The van der Waals surface area contributed by atoms with Gasteiger partial charge in [-0.15, -0.1) is 11.8 Å². The summed E-state index contributed by atoms with van der Waals surface area (Å²) in [6, 6.07) is 7.97. The Hall–Kier alpha value is -0.910. The van der Waals surface area contributed by atoms with E-state index < -0.39 is 6.10 Å². The highest BCUT2D eigenvalue weighted by molar-refractivity contribution is 7.98. The van der Waals surface area contributed by atoms with Gasteiger partial charge in [-0.05, 0) is 37.4 Å². The Labute approximate surface area is 83.2 Å². The quantitative estimate of drug-likeness (QED) is 0.543. The molecule has 1 aromatic carbocycles. The Balaban J connectivity index is 2.77. The summed E-state index contributed by atoms with van der Waals surface area (Å²) in [6.45, 7) is 1.66. The lowest BCUT2D eigenvalue weighted by Gasteiger charge is -1.95. The van der Waals surface area contributed by atoms with Crippen LogP contribution in [0, 0.1) is 11.8 Å². The van der Waals surface area contributed by atoms with Crippen molar-refractivity contribution in [2.45, 2.75) is 17.9 Å². The average molecular weight is 192 g/mol. The highest BCUT2D eigenvalue weighted by Crippen LogP contribution is 2.14. The van der Waals surface area contributed by atoms with Crippen LogP contribution >= 0.6 is 11.8 Å². The van der Waals surface area contributed by atoms with Crippen LogP contribution in [-0.4, -0.2) is 17.5 Å². The molecule has 1 N–H and O–H groups in total. The normalized spacial score (nSPS) is 11.6. The first-order valence-electron chi connectivity index (χ1n) is 4.06. The maximum Gasteiger partial charge on any atom is 0.112 e. The molecule has 0 fully saturated rings. The van der Waals surface area contributed by atoms with E-state index in [0.717, 1.165) is 5.56 Å². The minimum Gasteiger partial charge on any atom is -0.381 e. The molecule has 0 bridgehead atoms. The fourth-order valence-corrected chi connectivity index (χ4v) is 1.27. The van der Waals surface area contributed by atoms with E-state index in [1.165, 1.54) is 4.90 Å². The molecule has 1 atom stereocenters. The van der Waals surface area contributed by atoms with Crippen molar-refractivity contribution in [2.75, 3.05) is 6.26 Å². The molecular weight excluding hydrogens is 180 g/mol. The van der Waals surface area contributed by atoms with Crippen LogP contribution < -0.4 is 0 Å². The minimum atomic E-state index is -0.555. The molecule has 0 aromatic heterocycles. The van der Waals surface area contributed by atoms with E-state index in [0.29, 0.717) is 0 Å². The van der Waals surface area contributed by atoms with E-state index in [1.807, 2.05) is 30.5 Å². The van der Waals surface area contributed by atoms with Crippen molar-refractivity contribution in [3.8, 4) is 11.8 Å². The second kappa shape index (κ2) is 4.96. The van der Waals surface area contributed by atoms with Crippen molar-refractivity contribution in [1.82, 2.24) is 0 Å². The van der Waals surface area contributed by atoms with Gasteiger partial charge >= 0.3 is 0 Å². The van der Waals surface area contributed by atoms with Crippen molar-refractivity contribution in [3.05, 3.63) is 29.8 Å². The molecule has 0 aliphatic carbocycles. The second-order valence-electron chi connectivity index (χ2n) is 2.67. The third-order valence-corrected chi connectivity index (χ3v) is 2.26. The standard InChI is InChI=1S/C11H12OS/c1-9(12)3-4-10-5-7-11(13-2)8-6-10/h5-9,12H,1-2H3. The zero-order chi connectivity index (χ0) is 9.68. The lowest BCUT2D eigenvalue weighted by molar-refractivity contribution is 0.253. The number of hydrogen-bond acceptors (Lipinski definition) is 2. The lowest BCUT2D eigenvalue weighted by atomic mass is 10.2. The smallest absolute Gasteiger partial charge is 0.112 e. The third-order valence-electron chi connectivity index (χ3n) is 1.52. The molecule has 1 aromatic rings. The van der Waals surface area contributed by atoms with Crippen LogP contribution in [0.4, 0.5) is 0 Å². The predicted octanol–water partition coefficient (Wildman–Crippen LogP) is 2.14. The second-order valence-corrected chi connectivity index (χ2v) is 3.55. The molecule has 0 saturated carbocycles. The van der Waals surface area contributed by atoms with Gasteiger partial charge in [-0.2, -0.15) is 0 Å². The Morgan fingerprint density at radius 2 is 1.92 bits per heavy atom. The topological polar surface area (TPSA) is 20.2 Å². The molecular formula is C11H12OS. The SMILES string of the molecule is CSc1ccc(C#CC(C)O)cc1. The highest BCUT2D eigenvalue weighted by atomic mass is 32.2. The van der Waals surface area contributed by atoms with Gasteiger partial charge < -0.3 is 5.11 Å². The molecule has 0 aliphatic heterocycles. The Bertz CT molecular complexity index is 316. The fourth-order valence-electron chi connectivity index (χ4n) is 0.862. The van der Waals surface area contributed by atoms with Gasteiger partial charge in [-0.3, -0.25) is 0 Å². The lowest BCUT2D eigenvalue weighted by Crippen LogP contribution is -1.92. The molecule has 0 heterocycles. The van der Waals surface area contributed by atoms with Crippen molar-refractivity contribution >= 4 is 11.8 Å². The summed E-state index contributed by atoms with van der Waals surface area (Å²) < 4.78 is 0. The molecule has 68 valence electrons. The van der Waals surface area contributed by atoms with Gasteiger partial charge in [0.05, 0.1) is 0 Å². The van der Waals surface area contributed by atoms with Crippen molar-refractivity contribution in [2.24, 2.45) is 0 Å². The number of thioether (sulfide) groups is 1. The molecule has 0 spiro atoms. The van der Waals surface area contributed by atoms with Gasteiger partial charge in [0, 0.05) is 10.5 Å². The minimum absolute atomic E-state index is 0.555. The van der Waals surface area contributed by atoms with Gasteiger partial charge in [0.2, 0.25) is 0 Å². The summed E-state index contributed by atoms with van der Waals surface area (Å²) in [4.78, 5) is 1.22. The molecule has 0 radical (unpaired) electrons. The van der Waals surface area contributed by atoms with Gasteiger partial charge in [0.15, 0.2) is 0 Å². The maximum absolute atomic E-state index is 8.94. The number of benzene rings is 1. The van der Waals surface area contributed by atoms with Crippen LogP contribution in [0.1, 0.15) is 12.5 Å². The zero-order valence-corrected chi connectivity index (χ0v) is 8.56. The molecule has 0 amide bonds. The molecule has 0 saturated heterocycles. The largest absolute Gasteiger partial charge is 0.381 e. The van der Waals surface area contributed by atoms with Crippen molar-refractivity contribution in [1.29, 1.82) is 0 Å². The average Bonchev–Trinajstić information content (AvgIpc) is 2.15. The van der Waals surface area contributed by atoms with Crippen LogP contribution in [-0.2, 0) is 0 Å². The predicted molar refractivity (Wildman–Crippen MR) is 56.8 cm³/mol. The monoisotopic (exact) mass is 192 g/mol. The van der Waals surface area contributed by atoms with E-state index in [4.69, 9.17) is 5.11 Å².